The minimum Gasteiger partial charge on any atom is -0.335 e. The average Bonchev–Trinajstić information content (AvgIpc) is 2.70. The van der Waals surface area contributed by atoms with Gasteiger partial charge in [-0.2, -0.15) is 0 Å². The molecular formula is C22H16ClF2N3. The van der Waals surface area contributed by atoms with Crippen LogP contribution in [0.4, 0.5) is 20.2 Å². The summed E-state index contributed by atoms with van der Waals surface area (Å²) in [6.07, 6.45) is 3.22. The van der Waals surface area contributed by atoms with Crippen LogP contribution in [0.2, 0.25) is 5.02 Å². The van der Waals surface area contributed by atoms with Crippen molar-refractivity contribution in [1.29, 1.82) is 0 Å². The summed E-state index contributed by atoms with van der Waals surface area (Å²) in [5, 5.41) is 1.17. The highest BCUT2D eigenvalue weighted by Crippen LogP contribution is 2.32. The predicted octanol–water partition coefficient (Wildman–Crippen LogP) is 6.21. The van der Waals surface area contributed by atoms with Gasteiger partial charge >= 0.3 is 0 Å². The molecule has 4 rings (SSSR count). The highest BCUT2D eigenvalue weighted by Gasteiger charge is 2.17. The minimum atomic E-state index is -0.939. The maximum atomic E-state index is 14.2. The van der Waals surface area contributed by atoms with Crippen molar-refractivity contribution < 1.29 is 8.78 Å². The Balaban J connectivity index is 1.86. The summed E-state index contributed by atoms with van der Waals surface area (Å²) < 4.78 is 27.8. The van der Waals surface area contributed by atoms with Crippen LogP contribution in [0.1, 0.15) is 11.3 Å². The highest BCUT2D eigenvalue weighted by molar-refractivity contribution is 6.30. The Kier molecular flexibility index (Phi) is 4.92. The lowest BCUT2D eigenvalue weighted by Gasteiger charge is -2.27. The highest BCUT2D eigenvalue weighted by atomic mass is 35.5. The molecule has 0 amide bonds. The van der Waals surface area contributed by atoms with Gasteiger partial charge in [-0.3, -0.25) is 9.97 Å². The van der Waals surface area contributed by atoms with Crippen molar-refractivity contribution in [2.45, 2.75) is 13.5 Å². The summed E-state index contributed by atoms with van der Waals surface area (Å²) in [6.45, 7) is 2.34. The van der Waals surface area contributed by atoms with Gasteiger partial charge in [0.1, 0.15) is 5.52 Å². The van der Waals surface area contributed by atoms with E-state index in [1.807, 2.05) is 48.2 Å². The molecule has 0 bridgehead atoms. The zero-order valence-corrected chi connectivity index (χ0v) is 15.8. The van der Waals surface area contributed by atoms with Crippen LogP contribution in [-0.2, 0) is 6.54 Å². The smallest absolute Gasteiger partial charge is 0.184 e. The third-order valence-electron chi connectivity index (χ3n) is 4.61. The molecule has 0 saturated heterocycles. The lowest BCUT2D eigenvalue weighted by Crippen LogP contribution is -2.18. The second-order valence-corrected chi connectivity index (χ2v) is 6.84. The summed E-state index contributed by atoms with van der Waals surface area (Å²) >= 11 is 6.21. The molecule has 0 saturated carbocycles. The van der Waals surface area contributed by atoms with Gasteiger partial charge in [0, 0.05) is 35.0 Å². The molecule has 2 heterocycles. The van der Waals surface area contributed by atoms with E-state index in [4.69, 9.17) is 11.6 Å². The number of pyridine rings is 2. The van der Waals surface area contributed by atoms with E-state index in [1.54, 1.807) is 18.3 Å². The molecule has 2 aromatic carbocycles. The number of halogens is 3. The molecular weight excluding hydrogens is 380 g/mol. The zero-order chi connectivity index (χ0) is 19.7. The Bertz CT molecular complexity index is 1160. The lowest BCUT2D eigenvalue weighted by atomic mass is 10.1. The quantitative estimate of drug-likeness (QED) is 0.411. The van der Waals surface area contributed by atoms with Crippen LogP contribution in [-0.4, -0.2) is 9.97 Å². The monoisotopic (exact) mass is 395 g/mol. The number of aryl methyl sites for hydroxylation is 1. The van der Waals surface area contributed by atoms with E-state index in [0.29, 0.717) is 17.0 Å². The van der Waals surface area contributed by atoms with Crippen molar-refractivity contribution in [2.75, 3.05) is 4.90 Å². The Hall–Kier alpha value is -3.05. The Morgan fingerprint density at radius 2 is 1.82 bits per heavy atom. The maximum absolute atomic E-state index is 14.2. The summed E-state index contributed by atoms with van der Waals surface area (Å²) in [7, 11) is 0. The van der Waals surface area contributed by atoms with E-state index >= 15 is 0 Å². The molecule has 0 N–H and O–H groups in total. The SMILES string of the molecule is Cc1ncccc1N(Cc1ccnc2c(F)c(F)ccc12)c1cccc(Cl)c1. The van der Waals surface area contributed by atoms with E-state index in [0.717, 1.165) is 28.7 Å². The van der Waals surface area contributed by atoms with Gasteiger partial charge in [-0.15, -0.1) is 0 Å². The van der Waals surface area contributed by atoms with Gasteiger partial charge in [-0.25, -0.2) is 8.78 Å². The van der Waals surface area contributed by atoms with Gasteiger partial charge in [0.2, 0.25) is 0 Å². The van der Waals surface area contributed by atoms with Gasteiger partial charge in [-0.1, -0.05) is 17.7 Å². The van der Waals surface area contributed by atoms with Gasteiger partial charge in [-0.05, 0) is 61.0 Å². The topological polar surface area (TPSA) is 29.0 Å². The fraction of sp³-hybridized carbons (Fsp3) is 0.0909. The first-order valence-corrected chi connectivity index (χ1v) is 9.08. The van der Waals surface area contributed by atoms with E-state index in [9.17, 15) is 8.78 Å². The molecule has 0 fully saturated rings. The standard InChI is InChI=1S/C22H16ClF2N3/c1-14-20(6-3-10-26-14)28(17-5-2-4-16(23)12-17)13-15-9-11-27-22-18(15)7-8-19(24)21(22)25/h2-12H,13H2,1H3. The molecule has 0 aliphatic heterocycles. The summed E-state index contributed by atoms with van der Waals surface area (Å²) in [4.78, 5) is 10.4. The normalized spacial score (nSPS) is 11.0. The number of aromatic nitrogens is 2. The van der Waals surface area contributed by atoms with E-state index in [2.05, 4.69) is 9.97 Å². The fourth-order valence-electron chi connectivity index (χ4n) is 3.25. The number of fused-ring (bicyclic) bond motifs is 1. The third kappa shape index (κ3) is 3.41. The molecule has 0 spiro atoms. The van der Waals surface area contributed by atoms with Gasteiger partial charge < -0.3 is 4.90 Å². The molecule has 28 heavy (non-hydrogen) atoms. The number of hydrogen-bond acceptors (Lipinski definition) is 3. The van der Waals surface area contributed by atoms with Crippen molar-refractivity contribution in [3.63, 3.8) is 0 Å². The number of hydrogen-bond donors (Lipinski definition) is 0. The van der Waals surface area contributed by atoms with Crippen molar-refractivity contribution in [3.05, 3.63) is 94.9 Å². The van der Waals surface area contributed by atoms with E-state index < -0.39 is 11.6 Å². The molecule has 0 atom stereocenters. The molecule has 3 nitrogen and oxygen atoms in total. The number of rotatable bonds is 4. The molecule has 6 heteroatoms. The first-order chi connectivity index (χ1) is 13.5. The Morgan fingerprint density at radius 3 is 2.61 bits per heavy atom. The van der Waals surface area contributed by atoms with Crippen LogP contribution in [0, 0.1) is 18.6 Å². The minimum absolute atomic E-state index is 0.0199. The van der Waals surface area contributed by atoms with Gasteiger partial charge in [0.05, 0.1) is 11.4 Å². The van der Waals surface area contributed by atoms with Crippen LogP contribution in [0.15, 0.2) is 67.0 Å². The lowest BCUT2D eigenvalue weighted by molar-refractivity contribution is 0.515. The van der Waals surface area contributed by atoms with Crippen LogP contribution in [0.3, 0.4) is 0 Å². The molecule has 4 aromatic rings. The predicted molar refractivity (Wildman–Crippen MR) is 108 cm³/mol. The Morgan fingerprint density at radius 1 is 0.964 bits per heavy atom. The van der Waals surface area contributed by atoms with Crippen LogP contribution in [0.5, 0.6) is 0 Å². The summed E-state index contributed by atoms with van der Waals surface area (Å²) in [5.74, 6) is -1.85. The fourth-order valence-corrected chi connectivity index (χ4v) is 3.43. The average molecular weight is 396 g/mol. The number of benzene rings is 2. The number of anilines is 2. The zero-order valence-electron chi connectivity index (χ0n) is 15.0. The second kappa shape index (κ2) is 7.52. The summed E-state index contributed by atoms with van der Waals surface area (Å²) in [5.41, 5.74) is 3.45. The largest absolute Gasteiger partial charge is 0.335 e. The van der Waals surface area contributed by atoms with Gasteiger partial charge in [0.15, 0.2) is 11.6 Å². The molecule has 0 unspecified atom stereocenters. The molecule has 0 aliphatic carbocycles. The first-order valence-electron chi connectivity index (χ1n) is 8.71. The van der Waals surface area contributed by atoms with Crippen LogP contribution < -0.4 is 4.90 Å². The summed E-state index contributed by atoms with van der Waals surface area (Å²) in [6, 6.07) is 15.8. The maximum Gasteiger partial charge on any atom is 0.184 e. The second-order valence-electron chi connectivity index (χ2n) is 6.40. The van der Waals surface area contributed by atoms with Crippen LogP contribution in [0.25, 0.3) is 10.9 Å². The van der Waals surface area contributed by atoms with E-state index in [1.165, 1.54) is 6.20 Å². The van der Waals surface area contributed by atoms with Crippen molar-refractivity contribution in [1.82, 2.24) is 9.97 Å². The Labute approximate surface area is 166 Å². The molecule has 0 radical (unpaired) electrons. The number of nitrogens with zero attached hydrogens (tertiary/aromatic N) is 3. The van der Waals surface area contributed by atoms with Crippen molar-refractivity contribution >= 4 is 33.9 Å². The first kappa shape index (κ1) is 18.3. The molecule has 2 aromatic heterocycles. The van der Waals surface area contributed by atoms with E-state index in [-0.39, 0.29) is 5.52 Å². The van der Waals surface area contributed by atoms with Crippen molar-refractivity contribution in [2.24, 2.45) is 0 Å². The van der Waals surface area contributed by atoms with Gasteiger partial charge in [0.25, 0.3) is 0 Å². The van der Waals surface area contributed by atoms with Crippen LogP contribution >= 0.6 is 11.6 Å². The third-order valence-corrected chi connectivity index (χ3v) is 4.85. The molecule has 0 aliphatic rings. The molecule has 140 valence electrons. The van der Waals surface area contributed by atoms with Crippen molar-refractivity contribution in [3.8, 4) is 0 Å².